The zero-order valence-electron chi connectivity index (χ0n) is 11.2. The van der Waals surface area contributed by atoms with Crippen LogP contribution in [0.1, 0.15) is 20.8 Å². The molecule has 18 heavy (non-hydrogen) atoms. The Hall–Kier alpha value is -1.96. The highest BCUT2D eigenvalue weighted by molar-refractivity contribution is 5.69. The van der Waals surface area contributed by atoms with E-state index in [0.29, 0.717) is 0 Å². The molecule has 1 aromatic rings. The normalized spacial score (nSPS) is 11.2. The number of anilines is 2. The van der Waals surface area contributed by atoms with E-state index in [-0.39, 0.29) is 22.9 Å². The van der Waals surface area contributed by atoms with Crippen molar-refractivity contribution in [3.05, 3.63) is 16.4 Å². The summed E-state index contributed by atoms with van der Waals surface area (Å²) in [7, 11) is 3.38. The topological polar surface area (TPSA) is 96.2 Å². The monoisotopic (exact) mass is 254 g/mol. The van der Waals surface area contributed by atoms with Crippen LogP contribution in [0.3, 0.4) is 0 Å². The van der Waals surface area contributed by atoms with Crippen LogP contribution in [-0.4, -0.2) is 34.5 Å². The van der Waals surface area contributed by atoms with Crippen LogP contribution in [0.5, 0.6) is 0 Å². The second-order valence-corrected chi connectivity index (χ2v) is 5.05. The van der Waals surface area contributed by atoms with Crippen LogP contribution in [0.2, 0.25) is 0 Å². The van der Waals surface area contributed by atoms with Crippen LogP contribution in [0, 0.1) is 10.1 Å². The number of rotatable bonds is 4. The fourth-order valence-corrected chi connectivity index (χ4v) is 1.20. The Morgan fingerprint density at radius 2 is 1.94 bits per heavy atom. The molecule has 2 N–H and O–H groups in total. The van der Waals surface area contributed by atoms with Gasteiger partial charge in [-0.15, -0.1) is 0 Å². The van der Waals surface area contributed by atoms with Gasteiger partial charge in [0.15, 0.2) is 0 Å². The minimum Gasteiger partial charge on any atom is -0.357 e. The second-order valence-electron chi connectivity index (χ2n) is 5.05. The zero-order valence-corrected chi connectivity index (χ0v) is 11.2. The average Bonchev–Trinajstić information content (AvgIpc) is 2.24. The first kappa shape index (κ1) is 14.1. The molecule has 0 fully saturated rings. The van der Waals surface area contributed by atoms with E-state index in [1.54, 1.807) is 19.0 Å². The molecule has 0 aliphatic rings. The van der Waals surface area contributed by atoms with E-state index < -0.39 is 4.92 Å². The first-order valence-corrected chi connectivity index (χ1v) is 5.42. The highest BCUT2D eigenvalue weighted by Gasteiger charge is 2.24. The maximum atomic E-state index is 11.1. The highest BCUT2D eigenvalue weighted by Crippen LogP contribution is 2.29. The summed E-state index contributed by atoms with van der Waals surface area (Å²) in [6.07, 6.45) is 1.29. The number of hydrogen-bond donors (Lipinski definition) is 2. The van der Waals surface area contributed by atoms with Crippen LogP contribution in [0.4, 0.5) is 17.3 Å². The van der Waals surface area contributed by atoms with Gasteiger partial charge in [-0.3, -0.25) is 15.5 Å². The van der Waals surface area contributed by atoms with Crippen molar-refractivity contribution in [2.24, 2.45) is 0 Å². The third-order valence-corrected chi connectivity index (χ3v) is 1.97. The van der Waals surface area contributed by atoms with Crippen LogP contribution in [-0.2, 0) is 0 Å². The SMILES string of the molecule is CN(C)c1ncnc(NNC(C)(C)C)c1[N+](=O)[O-]. The molecule has 0 radical (unpaired) electrons. The molecule has 0 bridgehead atoms. The molecule has 1 rings (SSSR count). The van der Waals surface area contributed by atoms with Gasteiger partial charge in [0, 0.05) is 19.6 Å². The number of nitro groups is 1. The van der Waals surface area contributed by atoms with Gasteiger partial charge in [-0.2, -0.15) is 0 Å². The Morgan fingerprint density at radius 3 is 2.39 bits per heavy atom. The van der Waals surface area contributed by atoms with Crippen molar-refractivity contribution in [2.45, 2.75) is 26.3 Å². The fourth-order valence-electron chi connectivity index (χ4n) is 1.20. The van der Waals surface area contributed by atoms with E-state index in [1.807, 2.05) is 20.8 Å². The van der Waals surface area contributed by atoms with Crippen molar-refractivity contribution < 1.29 is 4.92 Å². The smallest absolute Gasteiger partial charge is 0.354 e. The van der Waals surface area contributed by atoms with Gasteiger partial charge >= 0.3 is 5.69 Å². The van der Waals surface area contributed by atoms with Gasteiger partial charge in [0.05, 0.1) is 4.92 Å². The van der Waals surface area contributed by atoms with Gasteiger partial charge < -0.3 is 4.90 Å². The Balaban J connectivity index is 3.11. The Kier molecular flexibility index (Phi) is 4.02. The molecule has 0 aromatic carbocycles. The molecule has 0 aliphatic heterocycles. The summed E-state index contributed by atoms with van der Waals surface area (Å²) in [6, 6.07) is 0. The van der Waals surface area contributed by atoms with Crippen LogP contribution in [0.25, 0.3) is 0 Å². The van der Waals surface area contributed by atoms with Gasteiger partial charge in [0.25, 0.3) is 0 Å². The number of nitrogens with one attached hydrogen (secondary N) is 2. The number of hydrazine groups is 1. The third-order valence-electron chi connectivity index (χ3n) is 1.97. The molecule has 100 valence electrons. The largest absolute Gasteiger partial charge is 0.357 e. The molecule has 0 amide bonds. The predicted molar refractivity (Wildman–Crippen MR) is 69.5 cm³/mol. The lowest BCUT2D eigenvalue weighted by atomic mass is 10.1. The Labute approximate surface area is 106 Å². The summed E-state index contributed by atoms with van der Waals surface area (Å²) >= 11 is 0. The minimum atomic E-state index is -0.498. The van der Waals surface area contributed by atoms with Crippen molar-refractivity contribution in [3.8, 4) is 0 Å². The maximum Gasteiger partial charge on any atom is 0.354 e. The predicted octanol–water partition coefficient (Wildman–Crippen LogP) is 1.17. The summed E-state index contributed by atoms with van der Waals surface area (Å²) in [5, 5.41) is 11.1. The van der Waals surface area contributed by atoms with Gasteiger partial charge in [0.1, 0.15) is 6.33 Å². The maximum absolute atomic E-state index is 11.1. The van der Waals surface area contributed by atoms with Crippen LogP contribution < -0.4 is 15.8 Å². The summed E-state index contributed by atoms with van der Waals surface area (Å²) in [5.74, 6) is 0.404. The van der Waals surface area contributed by atoms with E-state index in [0.717, 1.165) is 0 Å². The average molecular weight is 254 g/mol. The van der Waals surface area contributed by atoms with E-state index in [4.69, 9.17) is 0 Å². The van der Waals surface area contributed by atoms with Gasteiger partial charge in [-0.1, -0.05) is 0 Å². The molecular formula is C10H18N6O2. The highest BCUT2D eigenvalue weighted by atomic mass is 16.6. The lowest BCUT2D eigenvalue weighted by molar-refractivity contribution is -0.383. The molecule has 1 heterocycles. The molecule has 0 aliphatic carbocycles. The molecule has 0 atom stereocenters. The molecule has 0 spiro atoms. The lowest BCUT2D eigenvalue weighted by Gasteiger charge is -2.21. The van der Waals surface area contributed by atoms with Crippen molar-refractivity contribution in [1.82, 2.24) is 15.4 Å². The van der Waals surface area contributed by atoms with Gasteiger partial charge in [-0.25, -0.2) is 15.4 Å². The van der Waals surface area contributed by atoms with Crippen molar-refractivity contribution >= 4 is 17.3 Å². The summed E-state index contributed by atoms with van der Waals surface area (Å²) in [5.41, 5.74) is 5.30. The second kappa shape index (κ2) is 5.13. The molecule has 8 heteroatoms. The van der Waals surface area contributed by atoms with E-state index in [9.17, 15) is 10.1 Å². The van der Waals surface area contributed by atoms with Crippen LogP contribution >= 0.6 is 0 Å². The zero-order chi connectivity index (χ0) is 13.9. The molecule has 0 unspecified atom stereocenters. The first-order valence-electron chi connectivity index (χ1n) is 5.42. The number of hydrogen-bond acceptors (Lipinski definition) is 7. The molecule has 0 saturated carbocycles. The summed E-state index contributed by atoms with van der Waals surface area (Å²) in [6.45, 7) is 5.79. The van der Waals surface area contributed by atoms with Gasteiger partial charge in [0.2, 0.25) is 11.6 Å². The van der Waals surface area contributed by atoms with E-state index in [2.05, 4.69) is 20.8 Å². The number of nitrogens with zero attached hydrogens (tertiary/aromatic N) is 4. The first-order chi connectivity index (χ1) is 8.22. The minimum absolute atomic E-state index is 0.147. The van der Waals surface area contributed by atoms with E-state index >= 15 is 0 Å². The lowest BCUT2D eigenvalue weighted by Crippen LogP contribution is -2.40. The Morgan fingerprint density at radius 1 is 1.33 bits per heavy atom. The van der Waals surface area contributed by atoms with Crippen LogP contribution in [0.15, 0.2) is 6.33 Å². The van der Waals surface area contributed by atoms with Crippen molar-refractivity contribution in [1.29, 1.82) is 0 Å². The van der Waals surface area contributed by atoms with Crippen molar-refractivity contribution in [2.75, 3.05) is 24.4 Å². The Bertz CT molecular complexity index is 440. The molecular weight excluding hydrogens is 236 g/mol. The quantitative estimate of drug-likeness (QED) is 0.614. The van der Waals surface area contributed by atoms with Crippen molar-refractivity contribution in [3.63, 3.8) is 0 Å². The molecule has 0 saturated heterocycles. The fraction of sp³-hybridized carbons (Fsp3) is 0.600. The van der Waals surface area contributed by atoms with Gasteiger partial charge in [-0.05, 0) is 20.8 Å². The standard InChI is InChI=1S/C10H18N6O2/c1-10(2,3)14-13-8-7(16(17)18)9(15(4)5)12-6-11-8/h6,14H,1-5H3,(H,11,12,13). The number of aromatic nitrogens is 2. The third kappa shape index (κ3) is 3.52. The van der Waals surface area contributed by atoms with E-state index in [1.165, 1.54) is 6.33 Å². The summed E-state index contributed by atoms with van der Waals surface area (Å²) < 4.78 is 0. The summed E-state index contributed by atoms with van der Waals surface area (Å²) in [4.78, 5) is 20.0. The molecule has 1 aromatic heterocycles. The molecule has 8 nitrogen and oxygen atoms in total.